The zero-order chi connectivity index (χ0) is 18.9. The monoisotopic (exact) mass is 500 g/mol. The van der Waals surface area contributed by atoms with Crippen LogP contribution in [0.5, 0.6) is 0 Å². The summed E-state index contributed by atoms with van der Waals surface area (Å²) in [6.45, 7) is 10.1. The smallest absolute Gasteiger partial charge is 0.193 e. The molecular weight excluding hydrogens is 463 g/mol. The largest absolute Gasteiger partial charge is 0.381 e. The Labute approximate surface area is 187 Å². The molecule has 0 bridgehead atoms. The molecule has 0 radical (unpaired) electrons. The van der Waals surface area contributed by atoms with Gasteiger partial charge in [-0.3, -0.25) is 9.89 Å². The van der Waals surface area contributed by atoms with E-state index < -0.39 is 0 Å². The van der Waals surface area contributed by atoms with Gasteiger partial charge in [0.25, 0.3) is 0 Å². The maximum Gasteiger partial charge on any atom is 0.193 e. The lowest BCUT2D eigenvalue weighted by Gasteiger charge is -2.29. The zero-order valence-electron chi connectivity index (χ0n) is 17.5. The quantitative estimate of drug-likeness (QED) is 0.354. The molecule has 5 nitrogen and oxygen atoms in total. The maximum absolute atomic E-state index is 5.47. The molecular formula is C22H37IN4O. The van der Waals surface area contributed by atoms with Crippen LogP contribution in [0.2, 0.25) is 0 Å². The number of guanidine groups is 1. The third kappa shape index (κ3) is 7.19. The van der Waals surface area contributed by atoms with Crippen LogP contribution in [-0.4, -0.2) is 68.7 Å². The minimum absolute atomic E-state index is 0. The fraction of sp³-hybridized carbons (Fsp3) is 0.682. The van der Waals surface area contributed by atoms with E-state index in [-0.39, 0.29) is 24.0 Å². The number of fused-ring (bicyclic) bond motifs is 1. The van der Waals surface area contributed by atoms with Crippen LogP contribution in [0.25, 0.3) is 0 Å². The molecule has 0 saturated carbocycles. The average Bonchev–Trinajstić information content (AvgIpc) is 2.72. The summed E-state index contributed by atoms with van der Waals surface area (Å²) >= 11 is 0. The highest BCUT2D eigenvalue weighted by Gasteiger charge is 2.17. The summed E-state index contributed by atoms with van der Waals surface area (Å²) in [5, 5.41) is 3.46. The van der Waals surface area contributed by atoms with Crippen molar-refractivity contribution in [2.24, 2.45) is 10.9 Å². The number of nitrogens with zero attached hydrogens (tertiary/aromatic N) is 3. The van der Waals surface area contributed by atoms with Gasteiger partial charge in [-0.2, -0.15) is 0 Å². The predicted octanol–water partition coefficient (Wildman–Crippen LogP) is 3.38. The van der Waals surface area contributed by atoms with E-state index in [4.69, 9.17) is 9.73 Å². The molecule has 1 saturated heterocycles. The predicted molar refractivity (Wildman–Crippen MR) is 128 cm³/mol. The molecule has 1 fully saturated rings. The van der Waals surface area contributed by atoms with Gasteiger partial charge in [-0.1, -0.05) is 24.3 Å². The molecule has 0 unspecified atom stereocenters. The van der Waals surface area contributed by atoms with Gasteiger partial charge in [-0.05, 0) is 49.7 Å². The second-order valence-electron chi connectivity index (χ2n) is 7.80. The highest BCUT2D eigenvalue weighted by atomic mass is 127. The molecule has 1 aromatic rings. The summed E-state index contributed by atoms with van der Waals surface area (Å²) in [6.07, 6.45) is 4.80. The maximum atomic E-state index is 5.47. The van der Waals surface area contributed by atoms with E-state index in [0.717, 1.165) is 70.8 Å². The Morgan fingerprint density at radius 2 is 2.00 bits per heavy atom. The van der Waals surface area contributed by atoms with Gasteiger partial charge >= 0.3 is 0 Å². The lowest BCUT2D eigenvalue weighted by molar-refractivity contribution is 0.0625. The van der Waals surface area contributed by atoms with Crippen LogP contribution in [0.3, 0.4) is 0 Å². The normalized spacial score (nSPS) is 18.3. The Morgan fingerprint density at radius 3 is 2.75 bits per heavy atom. The summed E-state index contributed by atoms with van der Waals surface area (Å²) in [6, 6.07) is 8.83. The third-order valence-corrected chi connectivity index (χ3v) is 5.80. The molecule has 3 rings (SSSR count). The molecule has 158 valence electrons. The highest BCUT2D eigenvalue weighted by Crippen LogP contribution is 2.19. The number of halogens is 1. The van der Waals surface area contributed by atoms with Crippen molar-refractivity contribution in [1.82, 2.24) is 15.1 Å². The third-order valence-electron chi connectivity index (χ3n) is 5.80. The van der Waals surface area contributed by atoms with Crippen LogP contribution >= 0.6 is 24.0 Å². The molecule has 1 N–H and O–H groups in total. The summed E-state index contributed by atoms with van der Waals surface area (Å²) in [7, 11) is 2.16. The molecule has 6 heteroatoms. The van der Waals surface area contributed by atoms with Crippen molar-refractivity contribution in [3.63, 3.8) is 0 Å². The molecule has 0 aliphatic carbocycles. The van der Waals surface area contributed by atoms with E-state index in [1.807, 2.05) is 0 Å². The first kappa shape index (κ1) is 23.4. The van der Waals surface area contributed by atoms with E-state index in [1.165, 1.54) is 30.4 Å². The van der Waals surface area contributed by atoms with Crippen molar-refractivity contribution in [3.05, 3.63) is 35.4 Å². The lowest BCUT2D eigenvalue weighted by atomic mass is 9.96. The number of rotatable bonds is 7. The van der Waals surface area contributed by atoms with Gasteiger partial charge in [0.2, 0.25) is 0 Å². The second kappa shape index (κ2) is 12.6. The van der Waals surface area contributed by atoms with Crippen LogP contribution in [0.1, 0.15) is 37.3 Å². The molecule has 0 aromatic heterocycles. The van der Waals surface area contributed by atoms with Crippen molar-refractivity contribution < 1.29 is 4.74 Å². The molecule has 0 spiro atoms. The molecule has 0 amide bonds. The van der Waals surface area contributed by atoms with Crippen molar-refractivity contribution in [1.29, 1.82) is 0 Å². The Balaban J connectivity index is 0.00000280. The standard InChI is InChI=1S/C22H36N4O.HI/c1-3-23-22(25(2)13-8-19-10-16-27-17-11-19)24-12-15-26-14-9-20-6-4-5-7-21(20)18-26;/h4-7,19H,3,8-18H2,1-2H3,(H,23,24);1H. The van der Waals surface area contributed by atoms with Crippen molar-refractivity contribution in [3.8, 4) is 0 Å². The van der Waals surface area contributed by atoms with Gasteiger partial charge in [0, 0.05) is 53.0 Å². The van der Waals surface area contributed by atoms with E-state index >= 15 is 0 Å². The fourth-order valence-corrected chi connectivity index (χ4v) is 4.03. The van der Waals surface area contributed by atoms with Crippen molar-refractivity contribution in [2.75, 3.05) is 53.0 Å². The van der Waals surface area contributed by atoms with Crippen LogP contribution in [0, 0.1) is 5.92 Å². The Bertz CT molecular complexity index is 604. The number of hydrogen-bond donors (Lipinski definition) is 1. The molecule has 2 aliphatic heterocycles. The summed E-state index contributed by atoms with van der Waals surface area (Å²) in [4.78, 5) is 9.71. The van der Waals surface area contributed by atoms with Gasteiger partial charge in [0.05, 0.1) is 6.54 Å². The first-order chi connectivity index (χ1) is 13.3. The molecule has 2 aliphatic rings. The molecule has 28 heavy (non-hydrogen) atoms. The Kier molecular flexibility index (Phi) is 10.6. The average molecular weight is 500 g/mol. The number of benzene rings is 1. The summed E-state index contributed by atoms with van der Waals surface area (Å²) in [5.41, 5.74) is 2.99. The van der Waals surface area contributed by atoms with Crippen LogP contribution in [0.15, 0.2) is 29.3 Å². The van der Waals surface area contributed by atoms with Crippen molar-refractivity contribution >= 4 is 29.9 Å². The van der Waals surface area contributed by atoms with E-state index in [1.54, 1.807) is 0 Å². The minimum atomic E-state index is 0. The van der Waals surface area contributed by atoms with Gasteiger partial charge in [0.15, 0.2) is 5.96 Å². The molecule has 2 heterocycles. The molecule has 1 aromatic carbocycles. The highest BCUT2D eigenvalue weighted by molar-refractivity contribution is 14.0. The lowest BCUT2D eigenvalue weighted by Crippen LogP contribution is -2.41. The van der Waals surface area contributed by atoms with E-state index in [9.17, 15) is 0 Å². The Morgan fingerprint density at radius 1 is 1.25 bits per heavy atom. The Hall–Kier alpha value is -0.860. The SMILES string of the molecule is CCNC(=NCCN1CCc2ccccc2C1)N(C)CCC1CCOCC1.I. The number of hydrogen-bond acceptors (Lipinski definition) is 3. The van der Waals surface area contributed by atoms with Gasteiger partial charge in [0.1, 0.15) is 0 Å². The minimum Gasteiger partial charge on any atom is -0.381 e. The van der Waals surface area contributed by atoms with Crippen molar-refractivity contribution in [2.45, 2.75) is 39.2 Å². The van der Waals surface area contributed by atoms with Gasteiger partial charge in [-0.15, -0.1) is 24.0 Å². The van der Waals surface area contributed by atoms with Gasteiger partial charge < -0.3 is 15.0 Å². The number of aliphatic imine (C=N–C) groups is 1. The first-order valence-electron chi connectivity index (χ1n) is 10.6. The van der Waals surface area contributed by atoms with E-state index in [2.05, 4.69) is 53.4 Å². The molecule has 0 atom stereocenters. The van der Waals surface area contributed by atoms with Crippen LogP contribution in [-0.2, 0) is 17.7 Å². The topological polar surface area (TPSA) is 40.1 Å². The fourth-order valence-electron chi connectivity index (χ4n) is 4.03. The summed E-state index contributed by atoms with van der Waals surface area (Å²) < 4.78 is 5.47. The zero-order valence-corrected chi connectivity index (χ0v) is 19.9. The van der Waals surface area contributed by atoms with Crippen LogP contribution in [0.4, 0.5) is 0 Å². The van der Waals surface area contributed by atoms with Gasteiger partial charge in [-0.25, -0.2) is 0 Å². The van der Waals surface area contributed by atoms with Crippen LogP contribution < -0.4 is 5.32 Å². The number of ether oxygens (including phenoxy) is 1. The first-order valence-corrected chi connectivity index (χ1v) is 10.6. The second-order valence-corrected chi connectivity index (χ2v) is 7.80. The number of nitrogens with one attached hydrogen (secondary N) is 1. The summed E-state index contributed by atoms with van der Waals surface area (Å²) in [5.74, 6) is 1.85. The van der Waals surface area contributed by atoms with E-state index in [0.29, 0.717) is 0 Å².